The van der Waals surface area contributed by atoms with Gasteiger partial charge in [-0.05, 0) is 12.8 Å². The zero-order chi connectivity index (χ0) is 15.2. The van der Waals surface area contributed by atoms with Gasteiger partial charge in [0, 0.05) is 12.6 Å². The van der Waals surface area contributed by atoms with Gasteiger partial charge in [0.1, 0.15) is 0 Å². The number of alkyl halides is 3. The molecule has 112 valence electrons. The Kier molecular flexibility index (Phi) is 6.64. The number of nitrogens with one attached hydrogen (secondary N) is 2. The van der Waals surface area contributed by atoms with Gasteiger partial charge in [-0.2, -0.15) is 13.2 Å². The molecule has 2 atom stereocenters. The number of carboxylic acids is 1. The lowest BCUT2D eigenvalue weighted by Crippen LogP contribution is -2.45. The molecule has 0 spiro atoms. The van der Waals surface area contributed by atoms with E-state index in [1.165, 1.54) is 6.92 Å². The minimum absolute atomic E-state index is 0.127. The van der Waals surface area contributed by atoms with E-state index >= 15 is 0 Å². The van der Waals surface area contributed by atoms with Crippen LogP contribution in [0.2, 0.25) is 0 Å². The van der Waals surface area contributed by atoms with E-state index in [1.807, 2.05) is 0 Å². The third-order valence-electron chi connectivity index (χ3n) is 2.52. The van der Waals surface area contributed by atoms with E-state index in [0.29, 0.717) is 0 Å². The fraction of sp³-hybridized carbons (Fsp3) is 0.818. The minimum atomic E-state index is -4.35. The number of urea groups is 1. The molecule has 0 fully saturated rings. The third kappa shape index (κ3) is 8.28. The Balaban J connectivity index is 4.15. The summed E-state index contributed by atoms with van der Waals surface area (Å²) in [4.78, 5) is 22.1. The summed E-state index contributed by atoms with van der Waals surface area (Å²) in [5, 5.41) is 13.2. The first kappa shape index (κ1) is 17.5. The monoisotopic (exact) mass is 284 g/mol. The lowest BCUT2D eigenvalue weighted by atomic mass is 9.96. The molecule has 0 radical (unpaired) electrons. The first-order valence-corrected chi connectivity index (χ1v) is 5.87. The summed E-state index contributed by atoms with van der Waals surface area (Å²) in [5.41, 5.74) is 0. The molecule has 0 aliphatic heterocycles. The van der Waals surface area contributed by atoms with Crippen LogP contribution in [0, 0.1) is 11.8 Å². The number of carbonyl (C=O) groups excluding carboxylic acids is 1. The molecule has 3 N–H and O–H groups in total. The highest BCUT2D eigenvalue weighted by Gasteiger charge is 2.30. The Morgan fingerprint density at radius 3 is 2.11 bits per heavy atom. The van der Waals surface area contributed by atoms with Crippen molar-refractivity contribution in [3.8, 4) is 0 Å². The molecule has 2 unspecified atom stereocenters. The molecule has 5 nitrogen and oxygen atoms in total. The number of amides is 2. The van der Waals surface area contributed by atoms with E-state index in [1.54, 1.807) is 13.8 Å². The van der Waals surface area contributed by atoms with Gasteiger partial charge in [-0.15, -0.1) is 0 Å². The van der Waals surface area contributed by atoms with E-state index in [0.717, 1.165) is 0 Å². The number of hydrogen-bond donors (Lipinski definition) is 3. The van der Waals surface area contributed by atoms with Crippen molar-refractivity contribution in [2.75, 3.05) is 6.54 Å². The van der Waals surface area contributed by atoms with Gasteiger partial charge in [0.2, 0.25) is 0 Å². The maximum absolute atomic E-state index is 12.0. The van der Waals surface area contributed by atoms with Gasteiger partial charge < -0.3 is 15.7 Å². The average Bonchev–Trinajstić information content (AvgIpc) is 2.12. The van der Waals surface area contributed by atoms with Crippen LogP contribution in [0.5, 0.6) is 0 Å². The average molecular weight is 284 g/mol. The molecule has 0 aliphatic carbocycles. The van der Waals surface area contributed by atoms with Crippen molar-refractivity contribution in [2.45, 2.75) is 39.4 Å². The second-order valence-corrected chi connectivity index (χ2v) is 4.76. The molecule has 19 heavy (non-hydrogen) atoms. The number of carbonyl (C=O) groups is 2. The van der Waals surface area contributed by atoms with Crippen LogP contribution in [0.4, 0.5) is 18.0 Å². The lowest BCUT2D eigenvalue weighted by Gasteiger charge is -2.19. The van der Waals surface area contributed by atoms with Gasteiger partial charge in [0.25, 0.3) is 0 Å². The predicted octanol–water partition coefficient (Wildman–Crippen LogP) is 1.98. The first-order valence-electron chi connectivity index (χ1n) is 5.87. The van der Waals surface area contributed by atoms with Gasteiger partial charge in [-0.1, -0.05) is 13.8 Å². The molecular weight excluding hydrogens is 265 g/mol. The maximum atomic E-state index is 12.0. The highest BCUT2D eigenvalue weighted by Crippen LogP contribution is 2.21. The van der Waals surface area contributed by atoms with Crippen molar-refractivity contribution in [2.24, 2.45) is 11.8 Å². The van der Waals surface area contributed by atoms with Crippen LogP contribution in [0.3, 0.4) is 0 Å². The Morgan fingerprint density at radius 2 is 1.74 bits per heavy atom. The largest absolute Gasteiger partial charge is 0.481 e. The van der Waals surface area contributed by atoms with Gasteiger partial charge in [-0.25, -0.2) is 4.79 Å². The number of hydrogen-bond acceptors (Lipinski definition) is 2. The Morgan fingerprint density at radius 1 is 1.21 bits per heavy atom. The molecular formula is C11H19F3N2O3. The summed E-state index contributed by atoms with van der Waals surface area (Å²) in [5.74, 6) is -2.02. The first-order chi connectivity index (χ1) is 8.53. The van der Waals surface area contributed by atoms with E-state index in [9.17, 15) is 22.8 Å². The SMILES string of the molecule is CC(CC(F)(F)F)NC(=O)NCC(C(=O)O)C(C)C. The summed E-state index contributed by atoms with van der Waals surface area (Å²) < 4.78 is 36.1. The van der Waals surface area contributed by atoms with Crippen LogP contribution in [-0.2, 0) is 4.79 Å². The van der Waals surface area contributed by atoms with Crippen molar-refractivity contribution >= 4 is 12.0 Å². The summed E-state index contributed by atoms with van der Waals surface area (Å²) in [6.07, 6.45) is -5.48. The van der Waals surface area contributed by atoms with Crippen LogP contribution in [0.15, 0.2) is 0 Å². The summed E-state index contributed by atoms with van der Waals surface area (Å²) in [6.45, 7) is 4.47. The van der Waals surface area contributed by atoms with Crippen molar-refractivity contribution in [1.82, 2.24) is 10.6 Å². The molecule has 0 rings (SSSR count). The highest BCUT2D eigenvalue weighted by atomic mass is 19.4. The number of aliphatic carboxylic acids is 1. The zero-order valence-corrected chi connectivity index (χ0v) is 11.0. The minimum Gasteiger partial charge on any atom is -0.481 e. The summed E-state index contributed by atoms with van der Waals surface area (Å²) in [7, 11) is 0. The third-order valence-corrected chi connectivity index (χ3v) is 2.52. The molecule has 0 aliphatic rings. The maximum Gasteiger partial charge on any atom is 0.391 e. The lowest BCUT2D eigenvalue weighted by molar-refractivity contribution is -0.143. The number of halogens is 3. The highest BCUT2D eigenvalue weighted by molar-refractivity contribution is 5.76. The Hall–Kier alpha value is -1.47. The van der Waals surface area contributed by atoms with Crippen molar-refractivity contribution in [3.05, 3.63) is 0 Å². The van der Waals surface area contributed by atoms with Gasteiger partial charge >= 0.3 is 18.2 Å². The van der Waals surface area contributed by atoms with Crippen molar-refractivity contribution in [1.29, 1.82) is 0 Å². The molecule has 0 bridgehead atoms. The molecule has 0 heterocycles. The second kappa shape index (κ2) is 7.20. The topological polar surface area (TPSA) is 78.4 Å². The van der Waals surface area contributed by atoms with E-state index in [4.69, 9.17) is 5.11 Å². The van der Waals surface area contributed by atoms with Crippen molar-refractivity contribution < 1.29 is 27.9 Å². The predicted molar refractivity (Wildman–Crippen MR) is 62.6 cm³/mol. The zero-order valence-electron chi connectivity index (χ0n) is 11.0. The molecule has 0 saturated heterocycles. The smallest absolute Gasteiger partial charge is 0.391 e. The van der Waals surface area contributed by atoms with Crippen molar-refractivity contribution in [3.63, 3.8) is 0 Å². The van der Waals surface area contributed by atoms with Crippen LogP contribution in [0.25, 0.3) is 0 Å². The quantitative estimate of drug-likeness (QED) is 0.698. The van der Waals surface area contributed by atoms with E-state index in [-0.39, 0.29) is 12.5 Å². The number of carboxylic acid groups (broad SMARTS) is 1. The molecule has 0 saturated carbocycles. The van der Waals surface area contributed by atoms with Crippen LogP contribution in [-0.4, -0.2) is 35.9 Å². The Bertz CT molecular complexity index is 319. The summed E-state index contributed by atoms with van der Waals surface area (Å²) >= 11 is 0. The van der Waals surface area contributed by atoms with Gasteiger partial charge in [0.15, 0.2) is 0 Å². The van der Waals surface area contributed by atoms with Crippen LogP contribution >= 0.6 is 0 Å². The van der Waals surface area contributed by atoms with Gasteiger partial charge in [-0.3, -0.25) is 4.79 Å². The molecule has 0 aromatic rings. The fourth-order valence-electron chi connectivity index (χ4n) is 1.48. The van der Waals surface area contributed by atoms with E-state index < -0.39 is 36.6 Å². The molecule has 0 aromatic heterocycles. The second-order valence-electron chi connectivity index (χ2n) is 4.76. The van der Waals surface area contributed by atoms with Gasteiger partial charge in [0.05, 0.1) is 12.3 Å². The molecule has 2 amide bonds. The molecule has 0 aromatic carbocycles. The normalized spacial score (nSPS) is 14.9. The Labute approximate surface area is 109 Å². The van der Waals surface area contributed by atoms with Crippen LogP contribution < -0.4 is 10.6 Å². The summed E-state index contributed by atoms with van der Waals surface area (Å²) in [6, 6.07) is -1.87. The van der Waals surface area contributed by atoms with E-state index in [2.05, 4.69) is 10.6 Å². The fourth-order valence-corrected chi connectivity index (χ4v) is 1.48. The molecule has 8 heteroatoms. The van der Waals surface area contributed by atoms with Crippen LogP contribution in [0.1, 0.15) is 27.2 Å². The number of rotatable bonds is 6. The standard InChI is InChI=1S/C11H19F3N2O3/c1-6(2)8(9(17)18)5-15-10(19)16-7(3)4-11(12,13)14/h6-8H,4-5H2,1-3H3,(H,17,18)(H2,15,16,19).